The van der Waals surface area contributed by atoms with Gasteiger partial charge in [-0.3, -0.25) is 4.79 Å². The molecule has 0 aromatic heterocycles. The first kappa shape index (κ1) is 13.2. The van der Waals surface area contributed by atoms with Gasteiger partial charge in [0.05, 0.1) is 5.92 Å². The Hall–Kier alpha value is -2.22. The van der Waals surface area contributed by atoms with Gasteiger partial charge >= 0.3 is 0 Å². The summed E-state index contributed by atoms with van der Waals surface area (Å²) in [6.45, 7) is 0. The van der Waals surface area contributed by atoms with Crippen LogP contribution in [0.1, 0.15) is 23.5 Å². The zero-order valence-electron chi connectivity index (χ0n) is 10.7. The molecule has 2 heteroatoms. The Morgan fingerprint density at radius 3 is 2.11 bits per heavy atom. The number of Topliss-reactive ketones (excluding diaryl/α,β-unsaturated/α-hetero) is 1. The van der Waals surface area contributed by atoms with Crippen molar-refractivity contribution in [3.63, 3.8) is 0 Å². The van der Waals surface area contributed by atoms with E-state index in [9.17, 15) is 9.59 Å². The third-order valence-electron chi connectivity index (χ3n) is 3.14. The van der Waals surface area contributed by atoms with Gasteiger partial charge in [-0.1, -0.05) is 60.7 Å². The summed E-state index contributed by atoms with van der Waals surface area (Å²) >= 11 is 0. The SMILES string of the molecule is O=CC(C(=O)CCc1ccccc1)c1ccccc1. The normalized spacial score (nSPS) is 11.8. The minimum absolute atomic E-state index is 0.0231. The molecule has 0 saturated carbocycles. The van der Waals surface area contributed by atoms with Gasteiger partial charge in [-0.15, -0.1) is 0 Å². The molecule has 1 atom stereocenters. The van der Waals surface area contributed by atoms with E-state index in [1.54, 1.807) is 0 Å². The molecule has 2 rings (SSSR count). The molecule has 1 unspecified atom stereocenters. The van der Waals surface area contributed by atoms with Crippen LogP contribution in [0.4, 0.5) is 0 Å². The van der Waals surface area contributed by atoms with Crippen LogP contribution >= 0.6 is 0 Å². The van der Waals surface area contributed by atoms with Gasteiger partial charge in [-0.25, -0.2) is 0 Å². The summed E-state index contributed by atoms with van der Waals surface area (Å²) in [5.41, 5.74) is 1.89. The highest BCUT2D eigenvalue weighted by atomic mass is 16.1. The number of carbonyl (C=O) groups is 2. The van der Waals surface area contributed by atoms with Crippen LogP contribution in [0.5, 0.6) is 0 Å². The van der Waals surface area contributed by atoms with Gasteiger partial charge in [-0.05, 0) is 17.5 Å². The van der Waals surface area contributed by atoms with E-state index in [0.717, 1.165) is 17.4 Å². The van der Waals surface area contributed by atoms with Crippen molar-refractivity contribution in [1.29, 1.82) is 0 Å². The van der Waals surface area contributed by atoms with E-state index in [-0.39, 0.29) is 5.78 Å². The monoisotopic (exact) mass is 252 g/mol. The van der Waals surface area contributed by atoms with Crippen LogP contribution in [0, 0.1) is 0 Å². The van der Waals surface area contributed by atoms with Gasteiger partial charge in [0.2, 0.25) is 0 Å². The molecule has 0 amide bonds. The minimum atomic E-state index is -0.634. The van der Waals surface area contributed by atoms with Crippen molar-refractivity contribution in [2.24, 2.45) is 0 Å². The summed E-state index contributed by atoms with van der Waals surface area (Å²) in [5, 5.41) is 0. The van der Waals surface area contributed by atoms with Gasteiger partial charge in [0, 0.05) is 6.42 Å². The van der Waals surface area contributed by atoms with E-state index < -0.39 is 5.92 Å². The van der Waals surface area contributed by atoms with Crippen molar-refractivity contribution in [3.8, 4) is 0 Å². The molecular formula is C17H16O2. The van der Waals surface area contributed by atoms with E-state index in [1.807, 2.05) is 60.7 Å². The van der Waals surface area contributed by atoms with Crippen LogP contribution in [0.25, 0.3) is 0 Å². The molecule has 0 N–H and O–H groups in total. The van der Waals surface area contributed by atoms with Crippen LogP contribution in [-0.2, 0) is 16.0 Å². The van der Waals surface area contributed by atoms with Crippen molar-refractivity contribution in [2.45, 2.75) is 18.8 Å². The number of hydrogen-bond acceptors (Lipinski definition) is 2. The maximum Gasteiger partial charge on any atom is 0.147 e. The predicted octanol–water partition coefficient (Wildman–Crippen LogP) is 3.17. The first-order chi connectivity index (χ1) is 9.31. The Balaban J connectivity index is 2.00. The van der Waals surface area contributed by atoms with Crippen LogP contribution < -0.4 is 0 Å². The van der Waals surface area contributed by atoms with Crippen LogP contribution in [0.15, 0.2) is 60.7 Å². The van der Waals surface area contributed by atoms with Crippen LogP contribution in [0.2, 0.25) is 0 Å². The fraction of sp³-hybridized carbons (Fsp3) is 0.176. The number of ketones is 1. The molecule has 19 heavy (non-hydrogen) atoms. The number of aldehydes is 1. The Morgan fingerprint density at radius 1 is 0.947 bits per heavy atom. The molecule has 96 valence electrons. The lowest BCUT2D eigenvalue weighted by Gasteiger charge is -2.09. The van der Waals surface area contributed by atoms with E-state index >= 15 is 0 Å². The van der Waals surface area contributed by atoms with Crippen LogP contribution in [0.3, 0.4) is 0 Å². The van der Waals surface area contributed by atoms with Gasteiger partial charge in [0.25, 0.3) is 0 Å². The molecular weight excluding hydrogens is 236 g/mol. The van der Waals surface area contributed by atoms with Crippen molar-refractivity contribution < 1.29 is 9.59 Å². The Morgan fingerprint density at radius 2 is 1.53 bits per heavy atom. The molecule has 2 aromatic carbocycles. The lowest BCUT2D eigenvalue weighted by Crippen LogP contribution is -2.14. The molecule has 2 nitrogen and oxygen atoms in total. The number of rotatable bonds is 6. The average Bonchev–Trinajstić information content (AvgIpc) is 2.48. The second-order valence-corrected chi connectivity index (χ2v) is 4.48. The molecule has 0 aliphatic heterocycles. The average molecular weight is 252 g/mol. The summed E-state index contributed by atoms with van der Waals surface area (Å²) in [4.78, 5) is 23.3. The Kier molecular flexibility index (Phi) is 4.62. The fourth-order valence-electron chi connectivity index (χ4n) is 2.07. The smallest absolute Gasteiger partial charge is 0.147 e. The number of benzene rings is 2. The second kappa shape index (κ2) is 6.64. The molecule has 0 aliphatic carbocycles. The van der Waals surface area contributed by atoms with Crippen molar-refractivity contribution in [1.82, 2.24) is 0 Å². The third-order valence-corrected chi connectivity index (χ3v) is 3.14. The molecule has 0 bridgehead atoms. The summed E-state index contributed by atoms with van der Waals surface area (Å²) in [6, 6.07) is 19.0. The molecule has 0 heterocycles. The number of aryl methyl sites for hydroxylation is 1. The predicted molar refractivity (Wildman–Crippen MR) is 75.0 cm³/mol. The summed E-state index contributed by atoms with van der Waals surface area (Å²) < 4.78 is 0. The third kappa shape index (κ3) is 3.62. The zero-order chi connectivity index (χ0) is 13.5. The molecule has 0 saturated heterocycles. The number of hydrogen-bond donors (Lipinski definition) is 0. The molecule has 0 spiro atoms. The quantitative estimate of drug-likeness (QED) is 0.584. The number of carbonyl (C=O) groups excluding carboxylic acids is 2. The van der Waals surface area contributed by atoms with E-state index in [1.165, 1.54) is 0 Å². The fourth-order valence-corrected chi connectivity index (χ4v) is 2.07. The summed E-state index contributed by atoms with van der Waals surface area (Å²) in [5.74, 6) is -0.657. The van der Waals surface area contributed by atoms with Gasteiger partial charge in [-0.2, -0.15) is 0 Å². The highest BCUT2D eigenvalue weighted by Gasteiger charge is 2.18. The topological polar surface area (TPSA) is 34.1 Å². The van der Waals surface area contributed by atoms with E-state index in [0.29, 0.717) is 12.8 Å². The molecule has 0 fully saturated rings. The molecule has 0 radical (unpaired) electrons. The van der Waals surface area contributed by atoms with Gasteiger partial charge in [0.15, 0.2) is 0 Å². The Bertz CT molecular complexity index is 532. The summed E-state index contributed by atoms with van der Waals surface area (Å²) in [7, 11) is 0. The zero-order valence-corrected chi connectivity index (χ0v) is 10.7. The van der Waals surface area contributed by atoms with Gasteiger partial charge < -0.3 is 4.79 Å². The van der Waals surface area contributed by atoms with E-state index in [4.69, 9.17) is 0 Å². The van der Waals surface area contributed by atoms with Crippen molar-refractivity contribution >= 4 is 12.1 Å². The van der Waals surface area contributed by atoms with Crippen molar-refractivity contribution in [3.05, 3.63) is 71.8 Å². The minimum Gasteiger partial charge on any atom is -0.302 e. The van der Waals surface area contributed by atoms with Crippen molar-refractivity contribution in [2.75, 3.05) is 0 Å². The van der Waals surface area contributed by atoms with Crippen LogP contribution in [-0.4, -0.2) is 12.1 Å². The van der Waals surface area contributed by atoms with E-state index in [2.05, 4.69) is 0 Å². The first-order valence-corrected chi connectivity index (χ1v) is 6.38. The maximum absolute atomic E-state index is 12.1. The molecule has 0 aliphatic rings. The highest BCUT2D eigenvalue weighted by molar-refractivity contribution is 5.98. The van der Waals surface area contributed by atoms with Gasteiger partial charge in [0.1, 0.15) is 12.1 Å². The lowest BCUT2D eigenvalue weighted by molar-refractivity contribution is -0.124. The second-order valence-electron chi connectivity index (χ2n) is 4.48. The lowest BCUT2D eigenvalue weighted by atomic mass is 9.92. The first-order valence-electron chi connectivity index (χ1n) is 6.38. The summed E-state index contributed by atoms with van der Waals surface area (Å²) in [6.07, 6.45) is 1.81. The largest absolute Gasteiger partial charge is 0.302 e. The molecule has 2 aromatic rings. The maximum atomic E-state index is 12.1. The standard InChI is InChI=1S/C17H16O2/c18-13-16(15-9-5-2-6-10-15)17(19)12-11-14-7-3-1-4-8-14/h1-10,13,16H,11-12H2. The highest BCUT2D eigenvalue weighted by Crippen LogP contribution is 2.17. The Labute approximate surface area is 113 Å².